The van der Waals surface area contributed by atoms with Gasteiger partial charge >= 0.3 is 5.97 Å². The van der Waals surface area contributed by atoms with Crippen LogP contribution in [-0.2, 0) is 9.59 Å². The first-order valence-corrected chi connectivity index (χ1v) is 5.17. The summed E-state index contributed by atoms with van der Waals surface area (Å²) in [5, 5.41) is 11.6. The number of carbonyl (C=O) groups excluding carboxylic acids is 1. The van der Waals surface area contributed by atoms with Crippen LogP contribution in [0.15, 0.2) is 18.2 Å². The molecule has 1 aromatic carbocycles. The molecule has 0 aliphatic heterocycles. The van der Waals surface area contributed by atoms with Crippen LogP contribution in [0.1, 0.15) is 18.5 Å². The Morgan fingerprint density at radius 1 is 1.47 bits per heavy atom. The molecule has 17 heavy (non-hydrogen) atoms. The monoisotopic (exact) mass is 257 g/mol. The first-order chi connectivity index (χ1) is 7.95. The summed E-state index contributed by atoms with van der Waals surface area (Å²) in [6, 6.07) is 3.43. The molecule has 1 rings (SSSR count). The van der Waals surface area contributed by atoms with Crippen molar-refractivity contribution >= 4 is 23.5 Å². The third-order valence-electron chi connectivity index (χ3n) is 2.11. The molecule has 0 spiro atoms. The topological polar surface area (TPSA) is 75.6 Å². The van der Waals surface area contributed by atoms with Crippen LogP contribution in [-0.4, -0.2) is 24.1 Å². The van der Waals surface area contributed by atoms with E-state index in [4.69, 9.17) is 21.4 Å². The van der Waals surface area contributed by atoms with E-state index in [0.29, 0.717) is 11.3 Å². The Labute approximate surface area is 103 Å². The van der Waals surface area contributed by atoms with Gasteiger partial charge in [0.1, 0.15) is 5.75 Å². The molecule has 1 aromatic rings. The maximum atomic E-state index is 11.0. The van der Waals surface area contributed by atoms with Crippen molar-refractivity contribution in [3.05, 3.63) is 28.8 Å². The van der Waals surface area contributed by atoms with Gasteiger partial charge in [-0.3, -0.25) is 4.79 Å². The minimum Gasteiger partial charge on any atom is -0.497 e. The molecule has 0 heterocycles. The minimum atomic E-state index is -1.17. The summed E-state index contributed by atoms with van der Waals surface area (Å²) >= 11 is 5.94. The van der Waals surface area contributed by atoms with Crippen LogP contribution in [0.25, 0.3) is 0 Å². The Balaban J connectivity index is 3.10. The van der Waals surface area contributed by atoms with Gasteiger partial charge in [0.25, 0.3) is 0 Å². The smallest absolute Gasteiger partial charge is 0.330 e. The highest BCUT2D eigenvalue weighted by Crippen LogP contribution is 2.27. The number of rotatable bonds is 4. The number of benzene rings is 1. The maximum absolute atomic E-state index is 11.0. The highest BCUT2D eigenvalue weighted by molar-refractivity contribution is 6.31. The lowest BCUT2D eigenvalue weighted by Crippen LogP contribution is -2.32. The molecule has 1 amide bonds. The number of halogens is 1. The number of nitrogens with one attached hydrogen (secondary N) is 1. The van der Waals surface area contributed by atoms with E-state index in [-0.39, 0.29) is 5.02 Å². The quantitative estimate of drug-likeness (QED) is 0.859. The van der Waals surface area contributed by atoms with Crippen molar-refractivity contribution in [3.63, 3.8) is 0 Å². The Kier molecular flexibility index (Phi) is 4.34. The average Bonchev–Trinajstić information content (AvgIpc) is 2.25. The molecule has 1 atom stereocenters. The van der Waals surface area contributed by atoms with Crippen molar-refractivity contribution in [1.29, 1.82) is 0 Å². The Morgan fingerprint density at radius 2 is 2.12 bits per heavy atom. The van der Waals surface area contributed by atoms with Crippen molar-refractivity contribution in [2.75, 3.05) is 7.11 Å². The van der Waals surface area contributed by atoms with Gasteiger partial charge in [-0.05, 0) is 12.1 Å². The Hall–Kier alpha value is -1.75. The molecule has 0 fully saturated rings. The van der Waals surface area contributed by atoms with E-state index in [0.717, 1.165) is 0 Å². The molecule has 1 unspecified atom stereocenters. The molecule has 0 radical (unpaired) electrons. The number of methoxy groups -OCH3 is 1. The standard InChI is InChI=1S/C11H12ClNO4/c1-6(14)13-10(11(15)16)8-4-3-7(17-2)5-9(8)12/h3-5,10H,1-2H3,(H,13,14)(H,15,16). The molecular formula is C11H12ClNO4. The lowest BCUT2D eigenvalue weighted by molar-refractivity contribution is -0.141. The van der Waals surface area contributed by atoms with Crippen LogP contribution in [0, 0.1) is 0 Å². The lowest BCUT2D eigenvalue weighted by Gasteiger charge is -2.15. The second kappa shape index (κ2) is 5.54. The SMILES string of the molecule is COc1ccc(C(NC(C)=O)C(=O)O)c(Cl)c1. The summed E-state index contributed by atoms with van der Waals surface area (Å²) in [5.41, 5.74) is 0.315. The zero-order chi connectivity index (χ0) is 13.0. The minimum absolute atomic E-state index is 0.227. The molecule has 0 saturated carbocycles. The average molecular weight is 258 g/mol. The number of hydrogen-bond acceptors (Lipinski definition) is 3. The lowest BCUT2D eigenvalue weighted by atomic mass is 10.1. The van der Waals surface area contributed by atoms with Crippen LogP contribution in [0.2, 0.25) is 5.02 Å². The van der Waals surface area contributed by atoms with E-state index in [2.05, 4.69) is 5.32 Å². The number of carbonyl (C=O) groups is 2. The number of ether oxygens (including phenoxy) is 1. The largest absolute Gasteiger partial charge is 0.497 e. The second-order valence-electron chi connectivity index (χ2n) is 3.36. The molecular weight excluding hydrogens is 246 g/mol. The highest BCUT2D eigenvalue weighted by Gasteiger charge is 2.23. The van der Waals surface area contributed by atoms with Crippen LogP contribution in [0.5, 0.6) is 5.75 Å². The number of hydrogen-bond donors (Lipinski definition) is 2. The summed E-state index contributed by atoms with van der Waals surface area (Å²) in [4.78, 5) is 22.0. The predicted octanol–water partition coefficient (Wildman–Crippen LogP) is 1.61. The van der Waals surface area contributed by atoms with Gasteiger partial charge in [0.15, 0.2) is 6.04 Å². The van der Waals surface area contributed by atoms with Crippen LogP contribution >= 0.6 is 11.6 Å². The van der Waals surface area contributed by atoms with E-state index in [1.54, 1.807) is 6.07 Å². The fourth-order valence-electron chi connectivity index (χ4n) is 1.34. The van der Waals surface area contributed by atoms with Gasteiger partial charge in [0.2, 0.25) is 5.91 Å². The van der Waals surface area contributed by atoms with Gasteiger partial charge in [-0.2, -0.15) is 0 Å². The third kappa shape index (κ3) is 3.35. The van der Waals surface area contributed by atoms with Gasteiger partial charge in [-0.1, -0.05) is 17.7 Å². The van der Waals surface area contributed by atoms with Gasteiger partial charge in [0, 0.05) is 12.5 Å². The zero-order valence-corrected chi connectivity index (χ0v) is 10.1. The summed E-state index contributed by atoms with van der Waals surface area (Å²) in [7, 11) is 1.48. The van der Waals surface area contributed by atoms with Crippen molar-refractivity contribution < 1.29 is 19.4 Å². The number of amides is 1. The van der Waals surface area contributed by atoms with E-state index >= 15 is 0 Å². The fraction of sp³-hybridized carbons (Fsp3) is 0.273. The third-order valence-corrected chi connectivity index (χ3v) is 2.44. The van der Waals surface area contributed by atoms with Gasteiger partial charge in [0.05, 0.1) is 12.1 Å². The molecule has 0 bridgehead atoms. The molecule has 0 saturated heterocycles. The molecule has 92 valence electrons. The summed E-state index contributed by atoms with van der Waals surface area (Å²) in [5.74, 6) is -1.10. The first-order valence-electron chi connectivity index (χ1n) is 4.79. The molecule has 0 aliphatic carbocycles. The Morgan fingerprint density at radius 3 is 2.53 bits per heavy atom. The first kappa shape index (κ1) is 13.3. The molecule has 5 nitrogen and oxygen atoms in total. The van der Waals surface area contributed by atoms with Crippen LogP contribution < -0.4 is 10.1 Å². The van der Waals surface area contributed by atoms with E-state index in [1.807, 2.05) is 0 Å². The number of carboxylic acids is 1. The predicted molar refractivity (Wildman–Crippen MR) is 62.2 cm³/mol. The van der Waals surface area contributed by atoms with Crippen LogP contribution in [0.3, 0.4) is 0 Å². The van der Waals surface area contributed by atoms with Crippen LogP contribution in [0.4, 0.5) is 0 Å². The number of aliphatic carboxylic acids is 1. The van der Waals surface area contributed by atoms with Crippen molar-refractivity contribution in [1.82, 2.24) is 5.32 Å². The highest BCUT2D eigenvalue weighted by atomic mass is 35.5. The molecule has 2 N–H and O–H groups in total. The summed E-state index contributed by atoms with van der Waals surface area (Å²) in [6.07, 6.45) is 0. The molecule has 0 aliphatic rings. The zero-order valence-electron chi connectivity index (χ0n) is 9.36. The summed E-state index contributed by atoms with van der Waals surface area (Å²) in [6.45, 7) is 1.24. The van der Waals surface area contributed by atoms with Crippen molar-refractivity contribution in [2.45, 2.75) is 13.0 Å². The van der Waals surface area contributed by atoms with Crippen molar-refractivity contribution in [3.8, 4) is 5.75 Å². The molecule has 0 aromatic heterocycles. The Bertz CT molecular complexity index is 447. The van der Waals surface area contributed by atoms with E-state index < -0.39 is 17.9 Å². The van der Waals surface area contributed by atoms with E-state index in [1.165, 1.54) is 26.2 Å². The fourth-order valence-corrected chi connectivity index (χ4v) is 1.62. The maximum Gasteiger partial charge on any atom is 0.330 e. The molecule has 6 heteroatoms. The van der Waals surface area contributed by atoms with Gasteiger partial charge in [-0.25, -0.2) is 4.79 Å². The van der Waals surface area contributed by atoms with E-state index in [9.17, 15) is 9.59 Å². The van der Waals surface area contributed by atoms with Gasteiger partial charge < -0.3 is 15.2 Å². The summed E-state index contributed by atoms with van der Waals surface area (Å²) < 4.78 is 4.95. The second-order valence-corrected chi connectivity index (χ2v) is 3.77. The normalized spacial score (nSPS) is 11.7. The van der Waals surface area contributed by atoms with Crippen molar-refractivity contribution in [2.24, 2.45) is 0 Å². The number of carboxylic acid groups (broad SMARTS) is 1. The van der Waals surface area contributed by atoms with Gasteiger partial charge in [-0.15, -0.1) is 0 Å².